The van der Waals surface area contributed by atoms with Crippen molar-refractivity contribution >= 4 is 23.3 Å². The Labute approximate surface area is 174 Å². The Morgan fingerprint density at radius 1 is 1.28 bits per heavy atom. The van der Waals surface area contributed by atoms with Crippen LogP contribution in [0.4, 0.5) is 10.2 Å². The van der Waals surface area contributed by atoms with E-state index < -0.39 is 5.38 Å². The zero-order valence-electron chi connectivity index (χ0n) is 16.4. The Bertz CT molecular complexity index is 902. The van der Waals surface area contributed by atoms with Crippen molar-refractivity contribution in [3.05, 3.63) is 52.7 Å². The summed E-state index contributed by atoms with van der Waals surface area (Å²) in [5.41, 5.74) is 2.77. The molecular weight excluding hydrogens is 395 g/mol. The zero-order valence-corrected chi connectivity index (χ0v) is 17.2. The Morgan fingerprint density at radius 3 is 2.79 bits per heavy atom. The summed E-state index contributed by atoms with van der Waals surface area (Å²) in [7, 11) is 0. The molecule has 0 saturated carbocycles. The van der Waals surface area contributed by atoms with Gasteiger partial charge in [-0.25, -0.2) is 14.4 Å². The topological polar surface area (TPSA) is 58.6 Å². The van der Waals surface area contributed by atoms with Crippen LogP contribution in [0.3, 0.4) is 0 Å². The van der Waals surface area contributed by atoms with Gasteiger partial charge in [-0.1, -0.05) is 12.1 Å². The fourth-order valence-corrected chi connectivity index (χ4v) is 3.97. The van der Waals surface area contributed by atoms with Gasteiger partial charge in [-0.2, -0.15) is 0 Å². The minimum atomic E-state index is -0.559. The molecule has 4 rings (SSSR count). The van der Waals surface area contributed by atoms with E-state index in [1.165, 1.54) is 12.1 Å². The van der Waals surface area contributed by atoms with Gasteiger partial charge in [-0.05, 0) is 24.6 Å². The van der Waals surface area contributed by atoms with Crippen LogP contribution in [0.2, 0.25) is 0 Å². The minimum absolute atomic E-state index is 0.0749. The van der Waals surface area contributed by atoms with Crippen LogP contribution in [-0.4, -0.2) is 59.0 Å². The number of fused-ring (bicyclic) bond motifs is 1. The van der Waals surface area contributed by atoms with Crippen LogP contribution < -0.4 is 4.90 Å². The number of carbonyl (C=O) groups is 1. The van der Waals surface area contributed by atoms with Crippen molar-refractivity contribution in [2.45, 2.75) is 31.7 Å². The molecule has 0 bridgehead atoms. The molecule has 0 spiro atoms. The maximum atomic E-state index is 13.6. The van der Waals surface area contributed by atoms with Gasteiger partial charge in [0, 0.05) is 38.0 Å². The largest absolute Gasteiger partial charge is 0.378 e. The van der Waals surface area contributed by atoms with Crippen LogP contribution in [-0.2, 0) is 28.9 Å². The Kier molecular flexibility index (Phi) is 5.96. The fraction of sp³-hybridized carbons (Fsp3) is 0.476. The van der Waals surface area contributed by atoms with Gasteiger partial charge in [0.1, 0.15) is 22.8 Å². The summed E-state index contributed by atoms with van der Waals surface area (Å²) in [6.07, 6.45) is 1.12. The lowest BCUT2D eigenvalue weighted by Crippen LogP contribution is -2.42. The molecule has 0 radical (unpaired) electrons. The molecule has 6 nitrogen and oxygen atoms in total. The first-order valence-corrected chi connectivity index (χ1v) is 10.3. The predicted octanol–water partition coefficient (Wildman–Crippen LogP) is 2.56. The second-order valence-corrected chi connectivity index (χ2v) is 8.08. The summed E-state index contributed by atoms with van der Waals surface area (Å²) in [6.45, 7) is 5.49. The first-order valence-electron chi connectivity index (χ1n) is 9.90. The Hall–Kier alpha value is -2.25. The van der Waals surface area contributed by atoms with E-state index in [1.54, 1.807) is 17.9 Å². The molecule has 2 aromatic rings. The molecular formula is C21H24ClFN4O2. The molecule has 0 N–H and O–H groups in total. The third kappa shape index (κ3) is 4.51. The maximum Gasteiger partial charge on any atom is 0.240 e. The highest BCUT2D eigenvalue weighted by Gasteiger charge is 2.29. The molecule has 1 aromatic heterocycles. The molecule has 2 aliphatic heterocycles. The summed E-state index contributed by atoms with van der Waals surface area (Å²) >= 11 is 6.03. The number of amides is 1. The number of hydrogen-bond acceptors (Lipinski definition) is 5. The molecule has 2 aliphatic rings. The maximum absolute atomic E-state index is 13.6. The number of rotatable bonds is 4. The van der Waals surface area contributed by atoms with Crippen molar-refractivity contribution in [1.82, 2.24) is 14.9 Å². The number of benzene rings is 1. The Balaban J connectivity index is 1.68. The average molecular weight is 419 g/mol. The van der Waals surface area contributed by atoms with Gasteiger partial charge >= 0.3 is 0 Å². The van der Waals surface area contributed by atoms with E-state index in [0.717, 1.165) is 35.7 Å². The smallest absolute Gasteiger partial charge is 0.240 e. The summed E-state index contributed by atoms with van der Waals surface area (Å²) in [5, 5.41) is -0.559. The van der Waals surface area contributed by atoms with E-state index in [-0.39, 0.29) is 11.7 Å². The third-order valence-corrected chi connectivity index (χ3v) is 5.49. The molecule has 1 fully saturated rings. The molecule has 1 atom stereocenters. The molecule has 1 saturated heterocycles. The number of aromatic nitrogens is 2. The first-order chi connectivity index (χ1) is 14.0. The molecule has 154 valence electrons. The number of anilines is 1. The van der Waals surface area contributed by atoms with Crippen LogP contribution >= 0.6 is 11.6 Å². The molecule has 0 unspecified atom stereocenters. The van der Waals surface area contributed by atoms with E-state index >= 15 is 0 Å². The van der Waals surface area contributed by atoms with E-state index in [0.29, 0.717) is 45.0 Å². The SMILES string of the molecule is C[C@@H](Cl)C(=O)N1CCc2nc(Cc3cccc(F)c3)nc(N3CCOCC3)c2C1. The van der Waals surface area contributed by atoms with Gasteiger partial charge in [0.15, 0.2) is 0 Å². The quantitative estimate of drug-likeness (QED) is 0.714. The summed E-state index contributed by atoms with van der Waals surface area (Å²) in [6, 6.07) is 6.52. The fourth-order valence-electron chi connectivity index (χ4n) is 3.83. The molecule has 1 aromatic carbocycles. The second-order valence-electron chi connectivity index (χ2n) is 7.42. The summed E-state index contributed by atoms with van der Waals surface area (Å²) < 4.78 is 19.1. The van der Waals surface area contributed by atoms with Crippen molar-refractivity contribution in [2.75, 3.05) is 37.7 Å². The van der Waals surface area contributed by atoms with E-state index in [4.69, 9.17) is 26.3 Å². The van der Waals surface area contributed by atoms with Crippen molar-refractivity contribution in [1.29, 1.82) is 0 Å². The lowest BCUT2D eigenvalue weighted by molar-refractivity contribution is -0.131. The summed E-state index contributed by atoms with van der Waals surface area (Å²) in [5.74, 6) is 1.18. The van der Waals surface area contributed by atoms with E-state index in [9.17, 15) is 9.18 Å². The number of morpholine rings is 1. The lowest BCUT2D eigenvalue weighted by Gasteiger charge is -2.35. The minimum Gasteiger partial charge on any atom is -0.378 e. The van der Waals surface area contributed by atoms with Gasteiger partial charge in [0.25, 0.3) is 0 Å². The number of ether oxygens (including phenoxy) is 1. The highest BCUT2D eigenvalue weighted by atomic mass is 35.5. The normalized spacial score (nSPS) is 17.8. The predicted molar refractivity (Wildman–Crippen MR) is 109 cm³/mol. The van der Waals surface area contributed by atoms with Gasteiger partial charge in [-0.15, -0.1) is 11.6 Å². The number of hydrogen-bond donors (Lipinski definition) is 0. The standard InChI is InChI=1S/C21H24ClFN4O2/c1-14(22)21(28)27-6-5-18-17(13-27)20(26-7-9-29-10-8-26)25-19(24-18)12-15-3-2-4-16(23)11-15/h2-4,11,14H,5-10,12-13H2,1H3/t14-/m1/s1. The molecule has 1 amide bonds. The molecule has 8 heteroatoms. The zero-order chi connectivity index (χ0) is 20.4. The van der Waals surface area contributed by atoms with E-state index in [1.807, 2.05) is 6.07 Å². The third-order valence-electron chi connectivity index (χ3n) is 5.30. The number of nitrogens with zero attached hydrogens (tertiary/aromatic N) is 4. The monoisotopic (exact) mass is 418 g/mol. The Morgan fingerprint density at radius 2 is 2.07 bits per heavy atom. The average Bonchev–Trinajstić information content (AvgIpc) is 2.73. The molecule has 0 aliphatic carbocycles. The number of carbonyl (C=O) groups excluding carboxylic acids is 1. The molecule has 3 heterocycles. The van der Waals surface area contributed by atoms with Crippen LogP contribution in [0, 0.1) is 5.82 Å². The number of halogens is 2. The number of alkyl halides is 1. The van der Waals surface area contributed by atoms with Crippen molar-refractivity contribution < 1.29 is 13.9 Å². The van der Waals surface area contributed by atoms with Gasteiger partial charge in [-0.3, -0.25) is 4.79 Å². The van der Waals surface area contributed by atoms with Gasteiger partial charge in [0.2, 0.25) is 5.91 Å². The lowest BCUT2D eigenvalue weighted by atomic mass is 10.0. The van der Waals surface area contributed by atoms with Crippen LogP contribution in [0.25, 0.3) is 0 Å². The van der Waals surface area contributed by atoms with Gasteiger partial charge < -0.3 is 14.5 Å². The highest BCUT2D eigenvalue weighted by Crippen LogP contribution is 2.28. The highest BCUT2D eigenvalue weighted by molar-refractivity contribution is 6.30. The van der Waals surface area contributed by atoms with Crippen LogP contribution in [0.5, 0.6) is 0 Å². The first kappa shape index (κ1) is 20.0. The van der Waals surface area contributed by atoms with Crippen LogP contribution in [0.15, 0.2) is 24.3 Å². The second kappa shape index (κ2) is 8.63. The van der Waals surface area contributed by atoms with Gasteiger partial charge in [0.05, 0.1) is 25.5 Å². The van der Waals surface area contributed by atoms with Crippen molar-refractivity contribution in [3.63, 3.8) is 0 Å². The molecule has 29 heavy (non-hydrogen) atoms. The summed E-state index contributed by atoms with van der Waals surface area (Å²) in [4.78, 5) is 26.0. The van der Waals surface area contributed by atoms with E-state index in [2.05, 4.69) is 4.90 Å². The van der Waals surface area contributed by atoms with Crippen molar-refractivity contribution in [2.24, 2.45) is 0 Å². The van der Waals surface area contributed by atoms with Crippen LogP contribution in [0.1, 0.15) is 29.6 Å². The van der Waals surface area contributed by atoms with Crippen molar-refractivity contribution in [3.8, 4) is 0 Å².